The maximum absolute atomic E-state index is 13.3. The number of furan rings is 1. The molecule has 144 valence electrons. The Morgan fingerprint density at radius 2 is 2.15 bits per heavy atom. The molecule has 1 amide bonds. The van der Waals surface area contributed by atoms with Crippen molar-refractivity contribution in [3.8, 4) is 0 Å². The van der Waals surface area contributed by atoms with Crippen LogP contribution in [0.15, 0.2) is 41.5 Å². The van der Waals surface area contributed by atoms with Gasteiger partial charge in [0.1, 0.15) is 0 Å². The van der Waals surface area contributed by atoms with Crippen molar-refractivity contribution < 1.29 is 9.21 Å². The lowest BCUT2D eigenvalue weighted by Crippen LogP contribution is -2.47. The Labute approximate surface area is 160 Å². The number of carbonyl (C=O) groups excluding carboxylic acids is 1. The van der Waals surface area contributed by atoms with E-state index in [2.05, 4.69) is 19.8 Å². The largest absolute Gasteiger partial charge is 0.472 e. The summed E-state index contributed by atoms with van der Waals surface area (Å²) in [5.74, 6) is 1.21. The molecule has 0 aromatic carbocycles. The molecule has 0 spiro atoms. The second-order valence-electron chi connectivity index (χ2n) is 7.95. The van der Waals surface area contributed by atoms with Gasteiger partial charge >= 0.3 is 0 Å². The molecule has 2 aliphatic rings. The quantitative estimate of drug-likeness (QED) is 0.820. The maximum Gasteiger partial charge on any atom is 0.230 e. The molecule has 4 rings (SSSR count). The molecule has 2 aliphatic heterocycles. The Hall–Kier alpha value is -2.41. The van der Waals surface area contributed by atoms with Crippen LogP contribution in [0.3, 0.4) is 0 Å². The van der Waals surface area contributed by atoms with Crippen LogP contribution in [0, 0.1) is 11.3 Å². The highest BCUT2D eigenvalue weighted by Gasteiger charge is 2.54. The van der Waals surface area contributed by atoms with Crippen molar-refractivity contribution >= 4 is 11.9 Å². The maximum atomic E-state index is 13.3. The second-order valence-corrected chi connectivity index (χ2v) is 7.95. The fraction of sp³-hybridized carbons (Fsp3) is 0.550. The van der Waals surface area contributed by atoms with Crippen LogP contribution < -0.4 is 4.90 Å². The Morgan fingerprint density at radius 3 is 2.85 bits per heavy atom. The Morgan fingerprint density at radius 1 is 1.33 bits per heavy atom. The molecular weight excluding hydrogens is 342 g/mol. The zero-order valence-electron chi connectivity index (χ0n) is 16.0. The van der Waals surface area contributed by atoms with Crippen molar-refractivity contribution in [2.45, 2.75) is 19.4 Å². The van der Waals surface area contributed by atoms with Gasteiger partial charge < -0.3 is 14.2 Å². The van der Waals surface area contributed by atoms with Crippen molar-refractivity contribution in [2.75, 3.05) is 45.2 Å². The molecule has 0 bridgehead atoms. The van der Waals surface area contributed by atoms with Gasteiger partial charge in [0.15, 0.2) is 0 Å². The number of amides is 1. The standard InChI is InChI=1S/C20H27N5O2/c1-23(2)18(26)20-6-3-9-24(11-16-5-10-27-14-16)12-17(20)13-25(15-20)19-21-7-4-8-22-19/h4-5,7-8,10,14,17H,3,6,9,11-13,15H2,1-2H3/t17-,20-/m0/s1. The molecule has 0 saturated carbocycles. The van der Waals surface area contributed by atoms with Gasteiger partial charge in [-0.15, -0.1) is 0 Å². The molecule has 2 aromatic heterocycles. The average Bonchev–Trinajstić information content (AvgIpc) is 3.27. The number of carbonyl (C=O) groups is 1. The molecule has 7 nitrogen and oxygen atoms in total. The van der Waals surface area contributed by atoms with Crippen molar-refractivity contribution in [3.05, 3.63) is 42.6 Å². The van der Waals surface area contributed by atoms with E-state index in [1.807, 2.05) is 32.5 Å². The second kappa shape index (κ2) is 7.31. The fourth-order valence-corrected chi connectivity index (χ4v) is 4.70. The van der Waals surface area contributed by atoms with Crippen LogP contribution in [0.4, 0.5) is 5.95 Å². The molecule has 2 saturated heterocycles. The van der Waals surface area contributed by atoms with Gasteiger partial charge in [-0.2, -0.15) is 0 Å². The van der Waals surface area contributed by atoms with Gasteiger partial charge in [-0.3, -0.25) is 9.69 Å². The first-order chi connectivity index (χ1) is 13.1. The Bertz CT molecular complexity index is 764. The normalized spacial score (nSPS) is 25.9. The predicted molar refractivity (Wildman–Crippen MR) is 102 cm³/mol. The van der Waals surface area contributed by atoms with E-state index in [4.69, 9.17) is 4.42 Å². The highest BCUT2D eigenvalue weighted by Crippen LogP contribution is 2.44. The molecule has 27 heavy (non-hydrogen) atoms. The van der Waals surface area contributed by atoms with E-state index < -0.39 is 0 Å². The lowest BCUT2D eigenvalue weighted by atomic mass is 9.74. The number of nitrogens with zero attached hydrogens (tertiary/aromatic N) is 5. The van der Waals surface area contributed by atoms with Gasteiger partial charge in [0, 0.05) is 64.1 Å². The van der Waals surface area contributed by atoms with Gasteiger partial charge in [-0.05, 0) is 31.5 Å². The van der Waals surface area contributed by atoms with Crippen LogP contribution in [-0.4, -0.2) is 65.9 Å². The zero-order valence-corrected chi connectivity index (χ0v) is 16.0. The highest BCUT2D eigenvalue weighted by molar-refractivity contribution is 5.84. The first-order valence-corrected chi connectivity index (χ1v) is 9.56. The molecule has 0 radical (unpaired) electrons. The Kier molecular flexibility index (Phi) is 4.86. The van der Waals surface area contributed by atoms with Crippen LogP contribution in [-0.2, 0) is 11.3 Å². The summed E-state index contributed by atoms with van der Waals surface area (Å²) in [5, 5.41) is 0. The minimum absolute atomic E-state index is 0.232. The number of rotatable bonds is 4. The van der Waals surface area contributed by atoms with Gasteiger partial charge in [0.2, 0.25) is 11.9 Å². The third-order valence-corrected chi connectivity index (χ3v) is 5.92. The summed E-state index contributed by atoms with van der Waals surface area (Å²) < 4.78 is 5.23. The summed E-state index contributed by atoms with van der Waals surface area (Å²) in [6, 6.07) is 3.84. The minimum Gasteiger partial charge on any atom is -0.472 e. The van der Waals surface area contributed by atoms with E-state index in [1.54, 1.807) is 23.6 Å². The van der Waals surface area contributed by atoms with E-state index in [0.29, 0.717) is 6.54 Å². The van der Waals surface area contributed by atoms with Crippen molar-refractivity contribution in [2.24, 2.45) is 11.3 Å². The third-order valence-electron chi connectivity index (χ3n) is 5.92. The number of anilines is 1. The first kappa shape index (κ1) is 18.0. The van der Waals surface area contributed by atoms with Gasteiger partial charge in [-0.25, -0.2) is 9.97 Å². The van der Waals surface area contributed by atoms with Crippen LogP contribution in [0.2, 0.25) is 0 Å². The van der Waals surface area contributed by atoms with Gasteiger partial charge in [0.25, 0.3) is 0 Å². The predicted octanol–water partition coefficient (Wildman–Crippen LogP) is 1.88. The highest BCUT2D eigenvalue weighted by atomic mass is 16.3. The molecule has 4 heterocycles. The molecular formula is C20H27N5O2. The van der Waals surface area contributed by atoms with Gasteiger partial charge in [-0.1, -0.05) is 0 Å². The number of likely N-dealkylation sites (tertiary alicyclic amines) is 1. The lowest BCUT2D eigenvalue weighted by molar-refractivity contribution is -0.141. The number of fused-ring (bicyclic) bond motifs is 1. The van der Waals surface area contributed by atoms with Gasteiger partial charge in [0.05, 0.1) is 17.9 Å². The smallest absolute Gasteiger partial charge is 0.230 e. The van der Waals surface area contributed by atoms with Crippen LogP contribution in [0.25, 0.3) is 0 Å². The topological polar surface area (TPSA) is 65.7 Å². The third kappa shape index (κ3) is 3.43. The van der Waals surface area contributed by atoms with E-state index in [9.17, 15) is 4.79 Å². The van der Waals surface area contributed by atoms with Crippen LogP contribution >= 0.6 is 0 Å². The van der Waals surface area contributed by atoms with Crippen molar-refractivity contribution in [1.82, 2.24) is 19.8 Å². The average molecular weight is 369 g/mol. The van der Waals surface area contributed by atoms with Crippen LogP contribution in [0.5, 0.6) is 0 Å². The van der Waals surface area contributed by atoms with Crippen LogP contribution in [0.1, 0.15) is 18.4 Å². The van der Waals surface area contributed by atoms with E-state index in [-0.39, 0.29) is 17.2 Å². The minimum atomic E-state index is -0.367. The molecule has 2 aromatic rings. The molecule has 0 N–H and O–H groups in total. The van der Waals surface area contributed by atoms with E-state index in [0.717, 1.165) is 45.0 Å². The van der Waals surface area contributed by atoms with Crippen molar-refractivity contribution in [3.63, 3.8) is 0 Å². The number of hydrogen-bond acceptors (Lipinski definition) is 6. The lowest BCUT2D eigenvalue weighted by Gasteiger charge is -2.34. The summed E-state index contributed by atoms with van der Waals surface area (Å²) in [6.07, 6.45) is 8.97. The van der Waals surface area contributed by atoms with E-state index >= 15 is 0 Å². The Balaban J connectivity index is 1.60. The summed E-state index contributed by atoms with van der Waals surface area (Å²) >= 11 is 0. The SMILES string of the molecule is CN(C)C(=O)[C@]12CCCN(Cc3ccoc3)C[C@H]1CN(c1ncccn1)C2. The monoisotopic (exact) mass is 369 g/mol. The summed E-state index contributed by atoms with van der Waals surface area (Å²) in [4.78, 5) is 28.5. The summed E-state index contributed by atoms with van der Waals surface area (Å²) in [5.41, 5.74) is 0.816. The molecule has 7 heteroatoms. The van der Waals surface area contributed by atoms with Crippen molar-refractivity contribution in [1.29, 1.82) is 0 Å². The summed E-state index contributed by atoms with van der Waals surface area (Å²) in [6.45, 7) is 4.27. The molecule has 2 fully saturated rings. The zero-order chi connectivity index (χ0) is 18.9. The summed E-state index contributed by atoms with van der Waals surface area (Å²) in [7, 11) is 3.73. The fourth-order valence-electron chi connectivity index (χ4n) is 4.70. The molecule has 0 aliphatic carbocycles. The molecule has 2 atom stereocenters. The number of aromatic nitrogens is 2. The van der Waals surface area contributed by atoms with E-state index in [1.165, 1.54) is 5.56 Å². The first-order valence-electron chi connectivity index (χ1n) is 9.56. The molecule has 0 unspecified atom stereocenters. The number of hydrogen-bond donors (Lipinski definition) is 0.